The first kappa shape index (κ1) is 35.7. The molecule has 0 bridgehead atoms. The minimum Gasteiger partial charge on any atom is -0.463 e. The van der Waals surface area contributed by atoms with Gasteiger partial charge in [-0.2, -0.15) is 11.8 Å². The Labute approximate surface area is 283 Å². The van der Waals surface area contributed by atoms with Gasteiger partial charge < -0.3 is 20.1 Å². The lowest BCUT2D eigenvalue weighted by molar-refractivity contribution is -0.149. The van der Waals surface area contributed by atoms with Crippen LogP contribution < -0.4 is 5.32 Å². The lowest BCUT2D eigenvalue weighted by Gasteiger charge is -2.36. The van der Waals surface area contributed by atoms with Crippen LogP contribution in [0.15, 0.2) is 110 Å². The summed E-state index contributed by atoms with van der Waals surface area (Å²) in [5, 5.41) is 13.2. The molecule has 0 aliphatic carbocycles. The van der Waals surface area contributed by atoms with E-state index in [1.807, 2.05) is 72.8 Å². The first-order chi connectivity index (χ1) is 22.9. The Morgan fingerprint density at radius 2 is 1.51 bits per heavy atom. The molecule has 248 valence electrons. The van der Waals surface area contributed by atoms with Gasteiger partial charge in [0.2, 0.25) is 11.8 Å². The van der Waals surface area contributed by atoms with Gasteiger partial charge in [-0.15, -0.1) is 13.2 Å². The van der Waals surface area contributed by atoms with E-state index in [0.717, 1.165) is 28.0 Å². The molecule has 0 spiro atoms. The Bertz CT molecular complexity index is 1460. The predicted molar refractivity (Wildman–Crippen MR) is 188 cm³/mol. The second kappa shape index (κ2) is 18.9. The van der Waals surface area contributed by atoms with E-state index < -0.39 is 12.0 Å². The number of fused-ring (bicyclic) bond motifs is 1. The highest BCUT2D eigenvalue weighted by Crippen LogP contribution is 2.25. The molecule has 2 amide bonds. The molecular formula is C39H46N2O5S. The van der Waals surface area contributed by atoms with Crippen LogP contribution in [0.5, 0.6) is 0 Å². The van der Waals surface area contributed by atoms with E-state index in [4.69, 9.17) is 4.74 Å². The largest absolute Gasteiger partial charge is 0.463 e. The molecule has 1 aliphatic rings. The third kappa shape index (κ3) is 11.0. The maximum Gasteiger partial charge on any atom is 0.309 e. The third-order valence-corrected chi connectivity index (χ3v) is 9.62. The van der Waals surface area contributed by atoms with Gasteiger partial charge >= 0.3 is 5.97 Å². The van der Waals surface area contributed by atoms with Crippen molar-refractivity contribution in [2.24, 2.45) is 11.8 Å². The number of ether oxygens (including phenoxy) is 1. The van der Waals surface area contributed by atoms with Crippen molar-refractivity contribution in [3.8, 4) is 0 Å². The number of nitrogens with one attached hydrogen (secondary N) is 1. The van der Waals surface area contributed by atoms with Crippen molar-refractivity contribution >= 4 is 29.5 Å². The monoisotopic (exact) mass is 654 g/mol. The summed E-state index contributed by atoms with van der Waals surface area (Å²) in [7, 11) is 0. The lowest BCUT2D eigenvalue weighted by Crippen LogP contribution is -2.48. The molecule has 0 fully saturated rings. The van der Waals surface area contributed by atoms with Gasteiger partial charge in [0, 0.05) is 24.5 Å². The quantitative estimate of drug-likeness (QED) is 0.131. The van der Waals surface area contributed by atoms with Crippen molar-refractivity contribution in [1.29, 1.82) is 0 Å². The summed E-state index contributed by atoms with van der Waals surface area (Å²) in [4.78, 5) is 42.3. The van der Waals surface area contributed by atoms with Crippen LogP contribution in [-0.2, 0) is 44.3 Å². The Morgan fingerprint density at radius 3 is 2.17 bits per heavy atom. The van der Waals surface area contributed by atoms with E-state index in [2.05, 4.69) is 30.6 Å². The van der Waals surface area contributed by atoms with Gasteiger partial charge in [-0.3, -0.25) is 14.4 Å². The standard InChI is InChI=1S/C39H46N2O5S/c1-3-13-32(23-37(43)41-24-34-20-12-11-19-31(34)22-36(41)25-42)38(44)40-35(28-47-27-30-17-9-6-10-18-30)26-46-39(45)33(14-4-2)21-29-15-7-5-8-16-29/h3-12,15-20,32-33,35-36,42H,1-2,13-14,21-28H2,(H,40,44). The van der Waals surface area contributed by atoms with Crippen molar-refractivity contribution in [3.63, 3.8) is 0 Å². The van der Waals surface area contributed by atoms with E-state index >= 15 is 0 Å². The first-order valence-electron chi connectivity index (χ1n) is 16.2. The van der Waals surface area contributed by atoms with Crippen LogP contribution in [0.3, 0.4) is 0 Å². The van der Waals surface area contributed by atoms with Crippen molar-refractivity contribution in [1.82, 2.24) is 10.2 Å². The van der Waals surface area contributed by atoms with E-state index in [1.165, 1.54) is 0 Å². The molecule has 8 heteroatoms. The Balaban J connectivity index is 1.42. The number of aliphatic hydroxyl groups is 1. The van der Waals surface area contributed by atoms with Crippen molar-refractivity contribution in [3.05, 3.63) is 132 Å². The van der Waals surface area contributed by atoms with Crippen LogP contribution >= 0.6 is 11.8 Å². The smallest absolute Gasteiger partial charge is 0.309 e. The summed E-state index contributed by atoms with van der Waals surface area (Å²) in [6.45, 7) is 7.91. The molecule has 4 rings (SSSR count). The van der Waals surface area contributed by atoms with E-state index in [-0.39, 0.29) is 49.4 Å². The van der Waals surface area contributed by atoms with Gasteiger partial charge in [-0.25, -0.2) is 0 Å². The normalized spacial score (nSPS) is 15.9. The van der Waals surface area contributed by atoms with Gasteiger partial charge in [0.25, 0.3) is 0 Å². The van der Waals surface area contributed by atoms with Crippen LogP contribution in [0.25, 0.3) is 0 Å². The van der Waals surface area contributed by atoms with Crippen molar-refractivity contribution < 1.29 is 24.2 Å². The number of nitrogens with zero attached hydrogens (tertiary/aromatic N) is 1. The predicted octanol–water partition coefficient (Wildman–Crippen LogP) is 5.91. The molecule has 3 aromatic carbocycles. The second-order valence-electron chi connectivity index (χ2n) is 12.0. The van der Waals surface area contributed by atoms with Gasteiger partial charge in [-0.1, -0.05) is 97.1 Å². The highest BCUT2D eigenvalue weighted by molar-refractivity contribution is 7.98. The molecule has 4 unspecified atom stereocenters. The highest BCUT2D eigenvalue weighted by Gasteiger charge is 2.32. The number of thioether (sulfide) groups is 1. The molecule has 1 aliphatic heterocycles. The van der Waals surface area contributed by atoms with Crippen molar-refractivity contribution in [2.75, 3.05) is 19.0 Å². The number of hydrogen-bond donors (Lipinski definition) is 2. The van der Waals surface area contributed by atoms with Crippen LogP contribution in [0.1, 0.15) is 41.5 Å². The summed E-state index contributed by atoms with van der Waals surface area (Å²) in [6.07, 6.45) is 5.25. The maximum atomic E-state index is 13.7. The molecule has 1 heterocycles. The number of aliphatic hydroxyl groups excluding tert-OH is 1. The fraction of sp³-hybridized carbons (Fsp3) is 0.359. The SMILES string of the molecule is C=CCC(CC(=O)N1Cc2ccccc2CC1CO)C(=O)NC(COC(=O)C(CC=C)Cc1ccccc1)CSCc1ccccc1. The summed E-state index contributed by atoms with van der Waals surface area (Å²) in [6, 6.07) is 27.0. The minimum absolute atomic E-state index is 0.0129. The van der Waals surface area contributed by atoms with Gasteiger partial charge in [-0.05, 0) is 47.9 Å². The topological polar surface area (TPSA) is 95.9 Å². The summed E-state index contributed by atoms with van der Waals surface area (Å²) in [5.41, 5.74) is 4.37. The van der Waals surface area contributed by atoms with Crippen molar-refractivity contribution in [2.45, 2.75) is 56.5 Å². The molecule has 4 atom stereocenters. The summed E-state index contributed by atoms with van der Waals surface area (Å²) < 4.78 is 5.83. The number of rotatable bonds is 18. The number of hydrogen-bond acceptors (Lipinski definition) is 6. The second-order valence-corrected chi connectivity index (χ2v) is 13.0. The Morgan fingerprint density at radius 1 is 0.894 bits per heavy atom. The van der Waals surface area contributed by atoms with E-state index in [1.54, 1.807) is 28.8 Å². The fourth-order valence-corrected chi connectivity index (χ4v) is 6.87. The minimum atomic E-state index is -0.652. The van der Waals surface area contributed by atoms with Gasteiger partial charge in [0.1, 0.15) is 6.61 Å². The molecule has 0 saturated carbocycles. The number of benzene rings is 3. The molecule has 3 aromatic rings. The maximum absolute atomic E-state index is 13.7. The van der Waals surface area contributed by atoms with Crippen LogP contribution in [0.2, 0.25) is 0 Å². The zero-order valence-electron chi connectivity index (χ0n) is 27.0. The molecule has 0 aromatic heterocycles. The first-order valence-corrected chi connectivity index (χ1v) is 17.4. The van der Waals surface area contributed by atoms with Crippen LogP contribution in [-0.4, -0.2) is 58.8 Å². The highest BCUT2D eigenvalue weighted by atomic mass is 32.2. The summed E-state index contributed by atoms with van der Waals surface area (Å²) in [5.74, 6) is -0.590. The number of carbonyl (C=O) groups excluding carboxylic acids is 3. The zero-order chi connectivity index (χ0) is 33.4. The lowest BCUT2D eigenvalue weighted by atomic mass is 9.92. The number of esters is 1. The molecule has 47 heavy (non-hydrogen) atoms. The zero-order valence-corrected chi connectivity index (χ0v) is 27.8. The molecule has 0 saturated heterocycles. The molecule has 2 N–H and O–H groups in total. The van der Waals surface area contributed by atoms with Crippen LogP contribution in [0.4, 0.5) is 0 Å². The van der Waals surface area contributed by atoms with Gasteiger partial charge in [0.15, 0.2) is 0 Å². The third-order valence-electron chi connectivity index (χ3n) is 8.44. The number of amides is 2. The molecular weight excluding hydrogens is 609 g/mol. The van der Waals surface area contributed by atoms with E-state index in [9.17, 15) is 19.5 Å². The average molecular weight is 655 g/mol. The Kier molecular flexibility index (Phi) is 14.3. The number of carbonyl (C=O) groups is 3. The average Bonchev–Trinajstić information content (AvgIpc) is 3.10. The molecule has 0 radical (unpaired) electrons. The molecule has 7 nitrogen and oxygen atoms in total. The number of allylic oxidation sites excluding steroid dienone is 2. The van der Waals surface area contributed by atoms with E-state index in [0.29, 0.717) is 38.0 Å². The van der Waals surface area contributed by atoms with Crippen LogP contribution in [0, 0.1) is 11.8 Å². The summed E-state index contributed by atoms with van der Waals surface area (Å²) >= 11 is 1.64. The Hall–Kier alpha value is -4.14. The fourth-order valence-electron chi connectivity index (χ4n) is 5.86. The van der Waals surface area contributed by atoms with Gasteiger partial charge in [0.05, 0.1) is 30.5 Å².